The van der Waals surface area contributed by atoms with Gasteiger partial charge in [-0.15, -0.1) is 0 Å². The average Bonchev–Trinajstić information content (AvgIpc) is 2.89. The lowest BCUT2D eigenvalue weighted by Gasteiger charge is -2.48. The maximum absolute atomic E-state index is 13.7. The van der Waals surface area contributed by atoms with Crippen LogP contribution in [-0.4, -0.2) is 49.6 Å². The minimum absolute atomic E-state index is 0.0221. The Morgan fingerprint density at radius 3 is 2.56 bits per heavy atom. The number of piperazine rings is 1. The third-order valence-electron chi connectivity index (χ3n) is 6.93. The fourth-order valence-corrected chi connectivity index (χ4v) is 5.08. The van der Waals surface area contributed by atoms with Crippen LogP contribution in [0.15, 0.2) is 65.8 Å². The molecular formula is C27H26FN7O. The monoisotopic (exact) mass is 483 g/mol. The molecule has 9 heteroatoms. The Kier molecular flexibility index (Phi) is 6.20. The first-order valence-corrected chi connectivity index (χ1v) is 11.8. The lowest BCUT2D eigenvalue weighted by molar-refractivity contribution is 0.128. The van der Waals surface area contributed by atoms with E-state index in [4.69, 9.17) is 0 Å². The van der Waals surface area contributed by atoms with E-state index >= 15 is 0 Å². The normalized spacial score (nSPS) is 19.2. The van der Waals surface area contributed by atoms with Gasteiger partial charge < -0.3 is 9.47 Å². The van der Waals surface area contributed by atoms with E-state index in [9.17, 15) is 14.4 Å². The minimum atomic E-state index is -0.284. The van der Waals surface area contributed by atoms with Crippen molar-refractivity contribution in [1.29, 1.82) is 5.26 Å². The first kappa shape index (κ1) is 23.6. The molecule has 36 heavy (non-hydrogen) atoms. The second kappa shape index (κ2) is 9.47. The number of nitrogens with zero attached hydrogens (tertiary/aromatic N) is 7. The maximum Gasteiger partial charge on any atom is 0.252 e. The highest BCUT2D eigenvalue weighted by Gasteiger charge is 2.36. The Balaban J connectivity index is 1.55. The summed E-state index contributed by atoms with van der Waals surface area (Å²) < 4.78 is 15.3. The molecule has 1 unspecified atom stereocenters. The zero-order chi connectivity index (χ0) is 25.4. The second-order valence-electron chi connectivity index (χ2n) is 9.24. The highest BCUT2D eigenvalue weighted by Crippen LogP contribution is 2.35. The van der Waals surface area contributed by atoms with E-state index in [2.05, 4.69) is 44.7 Å². The molecule has 4 aromatic rings. The molecule has 1 aliphatic heterocycles. The molecule has 5 rings (SSSR count). The summed E-state index contributed by atoms with van der Waals surface area (Å²) in [5.74, 6) is -0.284. The van der Waals surface area contributed by atoms with Gasteiger partial charge in [0, 0.05) is 44.5 Å². The van der Waals surface area contributed by atoms with Crippen LogP contribution in [0.3, 0.4) is 0 Å². The number of hydrogen-bond donors (Lipinski definition) is 0. The number of halogens is 1. The molecule has 0 spiro atoms. The quantitative estimate of drug-likeness (QED) is 0.439. The number of aryl methyl sites for hydroxylation is 1. The predicted molar refractivity (Wildman–Crippen MR) is 135 cm³/mol. The zero-order valence-corrected chi connectivity index (χ0v) is 20.3. The van der Waals surface area contributed by atoms with Gasteiger partial charge in [-0.3, -0.25) is 9.69 Å². The molecule has 0 aliphatic carbocycles. The molecular weight excluding hydrogens is 457 g/mol. The molecule has 3 atom stereocenters. The molecule has 0 N–H and O–H groups in total. The van der Waals surface area contributed by atoms with E-state index in [0.29, 0.717) is 29.8 Å². The molecule has 8 nitrogen and oxygen atoms in total. The van der Waals surface area contributed by atoms with Crippen molar-refractivity contribution in [2.45, 2.75) is 32.0 Å². The summed E-state index contributed by atoms with van der Waals surface area (Å²) in [7, 11) is 1.71. The molecule has 0 radical (unpaired) electrons. The largest absolute Gasteiger partial charge is 0.364 e. The Labute approximate surface area is 208 Å². The Hall–Kier alpha value is -4.16. The number of anilines is 1. The van der Waals surface area contributed by atoms with Crippen molar-refractivity contribution >= 4 is 16.7 Å². The number of nitriles is 1. The van der Waals surface area contributed by atoms with Crippen molar-refractivity contribution in [3.05, 3.63) is 94.2 Å². The number of aromatic nitrogens is 4. The molecule has 1 saturated heterocycles. The number of benzene rings is 1. The lowest BCUT2D eigenvalue weighted by atomic mass is 9.96. The van der Waals surface area contributed by atoms with E-state index in [1.165, 1.54) is 18.5 Å². The summed E-state index contributed by atoms with van der Waals surface area (Å²) in [4.78, 5) is 30.5. The highest BCUT2D eigenvalue weighted by atomic mass is 19.1. The number of fused-ring (bicyclic) bond motifs is 1. The SMILES string of the molecule is C[C@@H]1CN(c2cc(=O)n(C)c3ccc(C#N)nc23)[C@@H](C)CN1C(c1ccc(F)cc1)c1ccncn1. The van der Waals surface area contributed by atoms with Gasteiger partial charge in [-0.1, -0.05) is 12.1 Å². The average molecular weight is 484 g/mol. The van der Waals surface area contributed by atoms with Gasteiger partial charge in [0.2, 0.25) is 0 Å². The number of rotatable bonds is 4. The van der Waals surface area contributed by atoms with E-state index in [0.717, 1.165) is 16.9 Å². The molecule has 4 heterocycles. The van der Waals surface area contributed by atoms with Crippen molar-refractivity contribution in [3.8, 4) is 6.07 Å². The van der Waals surface area contributed by atoms with Crippen LogP contribution in [0.2, 0.25) is 0 Å². The van der Waals surface area contributed by atoms with Crippen LogP contribution < -0.4 is 10.5 Å². The van der Waals surface area contributed by atoms with Crippen molar-refractivity contribution in [2.75, 3.05) is 18.0 Å². The van der Waals surface area contributed by atoms with Gasteiger partial charge in [-0.25, -0.2) is 19.3 Å². The molecule has 1 aliphatic rings. The smallest absolute Gasteiger partial charge is 0.252 e. The van der Waals surface area contributed by atoms with Gasteiger partial charge in [0.1, 0.15) is 29.4 Å². The molecule has 1 aromatic carbocycles. The van der Waals surface area contributed by atoms with Crippen LogP contribution in [0.5, 0.6) is 0 Å². The van der Waals surface area contributed by atoms with Crippen LogP contribution in [0.4, 0.5) is 10.1 Å². The number of pyridine rings is 2. The van der Waals surface area contributed by atoms with Crippen LogP contribution in [0.25, 0.3) is 11.0 Å². The Bertz CT molecular complexity index is 1500. The second-order valence-corrected chi connectivity index (χ2v) is 9.24. The van der Waals surface area contributed by atoms with Crippen LogP contribution in [0, 0.1) is 17.1 Å². The predicted octanol–water partition coefficient (Wildman–Crippen LogP) is 3.42. The van der Waals surface area contributed by atoms with Crippen molar-refractivity contribution < 1.29 is 4.39 Å². The molecule has 1 fully saturated rings. The third-order valence-corrected chi connectivity index (χ3v) is 6.93. The summed E-state index contributed by atoms with van der Waals surface area (Å²) in [6.45, 7) is 5.54. The molecule has 3 aromatic heterocycles. The van der Waals surface area contributed by atoms with Crippen LogP contribution in [0.1, 0.15) is 36.8 Å². The molecule has 0 amide bonds. The first-order chi connectivity index (χ1) is 17.4. The highest BCUT2D eigenvalue weighted by molar-refractivity contribution is 5.89. The van der Waals surface area contributed by atoms with E-state index in [-0.39, 0.29) is 29.5 Å². The summed E-state index contributed by atoms with van der Waals surface area (Å²) in [6, 6.07) is 15.4. The minimum Gasteiger partial charge on any atom is -0.364 e. The lowest BCUT2D eigenvalue weighted by Crippen LogP contribution is -2.57. The van der Waals surface area contributed by atoms with Gasteiger partial charge in [0.05, 0.1) is 22.9 Å². The molecule has 0 saturated carbocycles. The first-order valence-electron chi connectivity index (χ1n) is 11.8. The van der Waals surface area contributed by atoms with E-state index < -0.39 is 0 Å². The van der Waals surface area contributed by atoms with Gasteiger partial charge >= 0.3 is 0 Å². The van der Waals surface area contributed by atoms with Gasteiger partial charge in [0.25, 0.3) is 5.56 Å². The Morgan fingerprint density at radius 2 is 1.86 bits per heavy atom. The Morgan fingerprint density at radius 1 is 1.08 bits per heavy atom. The summed E-state index contributed by atoms with van der Waals surface area (Å²) >= 11 is 0. The standard InChI is InChI=1S/C27H26FN7O/c1-17-15-35(27(22-10-11-30-16-31-22)19-4-6-20(28)7-5-19)18(2)14-34(17)24-12-25(36)33(3)23-9-8-21(13-29)32-26(23)24/h4-12,16-18,27H,14-15H2,1-3H3/t17-,18+,27?/m0/s1. The van der Waals surface area contributed by atoms with Crippen molar-refractivity contribution in [3.63, 3.8) is 0 Å². The summed E-state index contributed by atoms with van der Waals surface area (Å²) in [5, 5.41) is 9.41. The topological polar surface area (TPSA) is 90.9 Å². The van der Waals surface area contributed by atoms with Crippen LogP contribution >= 0.6 is 0 Å². The maximum atomic E-state index is 13.7. The fourth-order valence-electron chi connectivity index (χ4n) is 5.08. The number of hydrogen-bond acceptors (Lipinski definition) is 7. The van der Waals surface area contributed by atoms with Gasteiger partial charge in [-0.2, -0.15) is 5.26 Å². The van der Waals surface area contributed by atoms with E-state index in [1.807, 2.05) is 6.07 Å². The fraction of sp³-hybridized carbons (Fsp3) is 0.296. The molecule has 0 bridgehead atoms. The molecule has 182 valence electrons. The van der Waals surface area contributed by atoms with Gasteiger partial charge in [-0.05, 0) is 49.7 Å². The summed E-state index contributed by atoms with van der Waals surface area (Å²) in [6.07, 6.45) is 3.24. The summed E-state index contributed by atoms with van der Waals surface area (Å²) in [5.41, 5.74) is 4.01. The van der Waals surface area contributed by atoms with Crippen molar-refractivity contribution in [2.24, 2.45) is 7.05 Å². The van der Waals surface area contributed by atoms with Crippen LogP contribution in [-0.2, 0) is 7.05 Å². The van der Waals surface area contributed by atoms with Gasteiger partial charge in [0.15, 0.2) is 0 Å². The zero-order valence-electron chi connectivity index (χ0n) is 20.3. The van der Waals surface area contributed by atoms with Crippen molar-refractivity contribution in [1.82, 2.24) is 24.4 Å². The van der Waals surface area contributed by atoms with E-state index in [1.54, 1.807) is 48.1 Å². The third kappa shape index (κ3) is 4.20.